The van der Waals surface area contributed by atoms with Gasteiger partial charge >= 0.3 is 6.03 Å². The Morgan fingerprint density at radius 1 is 1.33 bits per heavy atom. The van der Waals surface area contributed by atoms with E-state index in [2.05, 4.69) is 21.7 Å². The normalized spacial score (nSPS) is 11.6. The first kappa shape index (κ1) is 12.8. The molecule has 5 heteroatoms. The Hall–Kier alpha value is -1.62. The van der Waals surface area contributed by atoms with E-state index in [4.69, 9.17) is 0 Å². The van der Waals surface area contributed by atoms with Crippen molar-refractivity contribution in [2.24, 2.45) is 0 Å². The van der Waals surface area contributed by atoms with Crippen molar-refractivity contribution in [3.63, 3.8) is 0 Å². The number of nitrogens with zero attached hydrogens (tertiary/aromatic N) is 1. The molecule has 0 aliphatic carbocycles. The number of rotatable bonds is 1. The van der Waals surface area contributed by atoms with Crippen molar-refractivity contribution in [1.29, 1.82) is 0 Å². The van der Waals surface area contributed by atoms with Crippen LogP contribution >= 0.6 is 11.3 Å². The molecule has 2 aromatic rings. The number of fused-ring (bicyclic) bond motifs is 1. The molecule has 0 bridgehead atoms. The number of urea groups is 1. The minimum atomic E-state index is -0.253. The fourth-order valence-electron chi connectivity index (χ4n) is 1.55. The molecule has 96 valence electrons. The number of hydrogen-bond donors (Lipinski definition) is 2. The van der Waals surface area contributed by atoms with E-state index in [0.717, 1.165) is 10.2 Å². The van der Waals surface area contributed by atoms with Gasteiger partial charge < -0.3 is 5.32 Å². The maximum Gasteiger partial charge on any atom is 0.321 e. The van der Waals surface area contributed by atoms with Crippen LogP contribution in [0.15, 0.2) is 18.2 Å². The molecular weight excluding hydrogens is 246 g/mol. The Labute approximate surface area is 110 Å². The fourth-order valence-corrected chi connectivity index (χ4v) is 2.51. The van der Waals surface area contributed by atoms with Crippen LogP contribution in [0.3, 0.4) is 0 Å². The molecule has 2 rings (SSSR count). The summed E-state index contributed by atoms with van der Waals surface area (Å²) in [6.45, 7) is 7.86. The molecule has 0 saturated carbocycles. The predicted octanol–water partition coefficient (Wildman–Crippen LogP) is 3.52. The standard InChI is InChI=1S/C13H17N3OS/c1-8-5-6-9-10(7-8)18-12(14-9)15-11(17)16-13(2,3)4/h5-7H,1-4H3,(H2,14,15,16,17). The highest BCUT2D eigenvalue weighted by molar-refractivity contribution is 7.22. The van der Waals surface area contributed by atoms with Crippen molar-refractivity contribution in [1.82, 2.24) is 10.3 Å². The number of hydrogen-bond acceptors (Lipinski definition) is 3. The SMILES string of the molecule is Cc1ccc2nc(NC(=O)NC(C)(C)C)sc2c1. The van der Waals surface area contributed by atoms with Gasteiger partial charge in [-0.2, -0.15) is 0 Å². The molecule has 0 spiro atoms. The highest BCUT2D eigenvalue weighted by atomic mass is 32.1. The summed E-state index contributed by atoms with van der Waals surface area (Å²) in [5.41, 5.74) is 1.85. The van der Waals surface area contributed by atoms with Gasteiger partial charge in [-0.15, -0.1) is 0 Å². The average molecular weight is 263 g/mol. The average Bonchev–Trinajstić information content (AvgIpc) is 2.55. The zero-order chi connectivity index (χ0) is 13.3. The summed E-state index contributed by atoms with van der Waals surface area (Å²) in [4.78, 5) is 16.1. The zero-order valence-corrected chi connectivity index (χ0v) is 11.8. The van der Waals surface area contributed by atoms with Gasteiger partial charge in [-0.05, 0) is 45.4 Å². The summed E-state index contributed by atoms with van der Waals surface area (Å²) in [5.74, 6) is 0. The summed E-state index contributed by atoms with van der Waals surface area (Å²) < 4.78 is 1.08. The van der Waals surface area contributed by atoms with Crippen LogP contribution in [-0.2, 0) is 0 Å². The highest BCUT2D eigenvalue weighted by Crippen LogP contribution is 2.26. The van der Waals surface area contributed by atoms with Gasteiger partial charge in [0.2, 0.25) is 0 Å². The molecular formula is C13H17N3OS. The van der Waals surface area contributed by atoms with Crippen LogP contribution in [0.4, 0.5) is 9.93 Å². The summed E-state index contributed by atoms with van der Waals surface area (Å²) in [7, 11) is 0. The van der Waals surface area contributed by atoms with Gasteiger partial charge in [-0.25, -0.2) is 9.78 Å². The Kier molecular flexibility index (Phi) is 3.26. The minimum Gasteiger partial charge on any atom is -0.333 e. The smallest absolute Gasteiger partial charge is 0.321 e. The monoisotopic (exact) mass is 263 g/mol. The molecule has 1 heterocycles. The van der Waals surface area contributed by atoms with Crippen molar-refractivity contribution >= 4 is 32.7 Å². The Bertz CT molecular complexity index is 583. The maximum atomic E-state index is 11.7. The Balaban J connectivity index is 2.15. The lowest BCUT2D eigenvalue weighted by atomic mass is 10.1. The van der Waals surface area contributed by atoms with Gasteiger partial charge in [0.15, 0.2) is 5.13 Å². The topological polar surface area (TPSA) is 54.0 Å². The Morgan fingerprint density at radius 3 is 2.72 bits per heavy atom. The van der Waals surface area contributed by atoms with Crippen LogP contribution in [0.1, 0.15) is 26.3 Å². The van der Waals surface area contributed by atoms with E-state index < -0.39 is 0 Å². The van der Waals surface area contributed by atoms with Gasteiger partial charge in [0.25, 0.3) is 0 Å². The second-order valence-corrected chi connectivity index (χ2v) is 6.35. The van der Waals surface area contributed by atoms with E-state index in [1.807, 2.05) is 39.8 Å². The van der Waals surface area contributed by atoms with Crippen molar-refractivity contribution in [3.8, 4) is 0 Å². The number of amides is 2. The first-order chi connectivity index (χ1) is 8.33. The van der Waals surface area contributed by atoms with Crippen LogP contribution in [0.25, 0.3) is 10.2 Å². The Morgan fingerprint density at radius 2 is 2.06 bits per heavy atom. The number of aromatic nitrogens is 1. The molecule has 4 nitrogen and oxygen atoms in total. The second-order valence-electron chi connectivity index (χ2n) is 5.32. The summed E-state index contributed by atoms with van der Waals surface area (Å²) in [6, 6.07) is 5.83. The molecule has 2 N–H and O–H groups in total. The zero-order valence-electron chi connectivity index (χ0n) is 11.0. The molecule has 0 unspecified atom stereocenters. The number of carbonyl (C=O) groups excluding carboxylic acids is 1. The van der Waals surface area contributed by atoms with E-state index >= 15 is 0 Å². The van der Waals surface area contributed by atoms with Crippen LogP contribution in [0, 0.1) is 6.92 Å². The molecule has 1 aromatic heterocycles. The third-order valence-electron chi connectivity index (χ3n) is 2.25. The first-order valence-electron chi connectivity index (χ1n) is 5.80. The van der Waals surface area contributed by atoms with Crippen LogP contribution in [0.5, 0.6) is 0 Å². The number of benzene rings is 1. The molecule has 0 aliphatic heterocycles. The molecule has 0 atom stereocenters. The van der Waals surface area contributed by atoms with Gasteiger partial charge in [0.05, 0.1) is 10.2 Å². The summed E-state index contributed by atoms with van der Waals surface area (Å²) in [6.07, 6.45) is 0. The van der Waals surface area contributed by atoms with Gasteiger partial charge in [-0.1, -0.05) is 17.4 Å². The lowest BCUT2D eigenvalue weighted by Gasteiger charge is -2.19. The third kappa shape index (κ3) is 3.20. The van der Waals surface area contributed by atoms with Gasteiger partial charge in [0.1, 0.15) is 0 Å². The van der Waals surface area contributed by atoms with E-state index in [1.165, 1.54) is 16.9 Å². The van der Waals surface area contributed by atoms with E-state index in [1.54, 1.807) is 0 Å². The van der Waals surface area contributed by atoms with Gasteiger partial charge in [-0.3, -0.25) is 5.32 Å². The van der Waals surface area contributed by atoms with Crippen LogP contribution in [0.2, 0.25) is 0 Å². The van der Waals surface area contributed by atoms with Crippen molar-refractivity contribution in [2.75, 3.05) is 5.32 Å². The summed E-state index contributed by atoms with van der Waals surface area (Å²) >= 11 is 1.48. The molecule has 2 amide bonds. The first-order valence-corrected chi connectivity index (χ1v) is 6.61. The van der Waals surface area contributed by atoms with E-state index in [9.17, 15) is 4.79 Å². The van der Waals surface area contributed by atoms with E-state index in [-0.39, 0.29) is 11.6 Å². The fraction of sp³-hybridized carbons (Fsp3) is 0.385. The van der Waals surface area contributed by atoms with Gasteiger partial charge in [0, 0.05) is 5.54 Å². The highest BCUT2D eigenvalue weighted by Gasteiger charge is 2.14. The van der Waals surface area contributed by atoms with Crippen molar-refractivity contribution in [2.45, 2.75) is 33.2 Å². The summed E-state index contributed by atoms with van der Waals surface area (Å²) in [5, 5.41) is 6.23. The molecule has 0 radical (unpaired) electrons. The number of nitrogens with one attached hydrogen (secondary N) is 2. The van der Waals surface area contributed by atoms with Crippen LogP contribution in [-0.4, -0.2) is 16.6 Å². The van der Waals surface area contributed by atoms with Crippen LogP contribution < -0.4 is 10.6 Å². The third-order valence-corrected chi connectivity index (χ3v) is 3.19. The molecule has 1 aromatic carbocycles. The maximum absolute atomic E-state index is 11.7. The number of thiazole rings is 1. The van der Waals surface area contributed by atoms with E-state index in [0.29, 0.717) is 5.13 Å². The molecule has 0 saturated heterocycles. The number of carbonyl (C=O) groups is 1. The second kappa shape index (κ2) is 4.57. The quantitative estimate of drug-likeness (QED) is 0.827. The lowest BCUT2D eigenvalue weighted by Crippen LogP contribution is -2.43. The molecule has 18 heavy (non-hydrogen) atoms. The largest absolute Gasteiger partial charge is 0.333 e. The van der Waals surface area contributed by atoms with Crippen molar-refractivity contribution < 1.29 is 4.79 Å². The predicted molar refractivity (Wildman–Crippen MR) is 76.3 cm³/mol. The molecule has 0 fully saturated rings. The van der Waals surface area contributed by atoms with Crippen molar-refractivity contribution in [3.05, 3.63) is 23.8 Å². The number of aryl methyl sites for hydroxylation is 1. The minimum absolute atomic E-state index is 0.224. The lowest BCUT2D eigenvalue weighted by molar-refractivity contribution is 0.244. The molecule has 0 aliphatic rings. The number of anilines is 1.